The highest BCUT2D eigenvalue weighted by Gasteiger charge is 2.16. The standard InChI is InChI=1S/C19H21N7O3S/c1-4-7-30-11-5-6-12-13(8-11)22-18(21-12)23-14(27)9-26-10-20-16-15(26)17(28)25(3)19(29)24(16)2/h5-6,8,10H,4,7,9H2,1-3H3,(H2,21,22,23,27). The van der Waals surface area contributed by atoms with Crippen LogP contribution in [0.2, 0.25) is 0 Å². The molecule has 4 rings (SSSR count). The Hall–Kier alpha value is -3.34. The number of thioether (sulfide) groups is 1. The first-order chi connectivity index (χ1) is 14.4. The van der Waals surface area contributed by atoms with Crippen LogP contribution < -0.4 is 16.6 Å². The van der Waals surface area contributed by atoms with Crippen LogP contribution in [0.25, 0.3) is 22.2 Å². The van der Waals surface area contributed by atoms with E-state index in [1.165, 1.54) is 29.6 Å². The number of imidazole rings is 2. The third kappa shape index (κ3) is 3.52. The van der Waals surface area contributed by atoms with Crippen molar-refractivity contribution >= 4 is 45.8 Å². The fraction of sp³-hybridized carbons (Fsp3) is 0.316. The number of anilines is 1. The van der Waals surface area contributed by atoms with Crippen molar-refractivity contribution < 1.29 is 4.79 Å². The summed E-state index contributed by atoms with van der Waals surface area (Å²) >= 11 is 1.77. The molecule has 11 heteroatoms. The molecule has 2 N–H and O–H groups in total. The lowest BCUT2D eigenvalue weighted by Gasteiger charge is -2.06. The van der Waals surface area contributed by atoms with Crippen molar-refractivity contribution in [2.45, 2.75) is 24.8 Å². The number of hydrogen-bond donors (Lipinski definition) is 2. The highest BCUT2D eigenvalue weighted by atomic mass is 32.2. The largest absolute Gasteiger partial charge is 0.332 e. The van der Waals surface area contributed by atoms with E-state index in [0.717, 1.165) is 32.7 Å². The summed E-state index contributed by atoms with van der Waals surface area (Å²) in [4.78, 5) is 49.8. The van der Waals surface area contributed by atoms with Gasteiger partial charge in [0.05, 0.1) is 17.4 Å². The maximum absolute atomic E-state index is 12.6. The van der Waals surface area contributed by atoms with Crippen LogP contribution in [0.3, 0.4) is 0 Å². The summed E-state index contributed by atoms with van der Waals surface area (Å²) in [5.41, 5.74) is 1.04. The fourth-order valence-electron chi connectivity index (χ4n) is 3.20. The Bertz CT molecular complexity index is 1380. The van der Waals surface area contributed by atoms with E-state index < -0.39 is 11.2 Å². The SMILES string of the molecule is CCCSc1ccc2nc(NC(=O)Cn3cnc4c3c(=O)n(C)c(=O)n4C)[nH]c2c1. The predicted molar refractivity (Wildman–Crippen MR) is 116 cm³/mol. The number of nitrogens with one attached hydrogen (secondary N) is 2. The summed E-state index contributed by atoms with van der Waals surface area (Å²) in [6.45, 7) is 1.99. The van der Waals surface area contributed by atoms with Gasteiger partial charge in [0, 0.05) is 19.0 Å². The second kappa shape index (κ2) is 7.82. The van der Waals surface area contributed by atoms with Gasteiger partial charge in [0.15, 0.2) is 11.2 Å². The summed E-state index contributed by atoms with van der Waals surface area (Å²) < 4.78 is 3.69. The van der Waals surface area contributed by atoms with Gasteiger partial charge in [0.25, 0.3) is 5.56 Å². The van der Waals surface area contributed by atoms with Crippen LogP contribution in [-0.4, -0.2) is 40.3 Å². The molecule has 0 aliphatic rings. The molecule has 0 spiro atoms. The minimum Gasteiger partial charge on any atom is -0.324 e. The molecule has 0 saturated heterocycles. The van der Waals surface area contributed by atoms with Crippen LogP contribution in [0.1, 0.15) is 13.3 Å². The molecule has 156 valence electrons. The quantitative estimate of drug-likeness (QED) is 0.450. The van der Waals surface area contributed by atoms with Crippen molar-refractivity contribution in [3.05, 3.63) is 45.4 Å². The zero-order valence-electron chi connectivity index (χ0n) is 16.8. The Labute approximate surface area is 174 Å². The molecule has 0 aliphatic carbocycles. The topological polar surface area (TPSA) is 120 Å². The van der Waals surface area contributed by atoms with Gasteiger partial charge in [-0.1, -0.05) is 6.92 Å². The number of fused-ring (bicyclic) bond motifs is 2. The van der Waals surface area contributed by atoms with Gasteiger partial charge in [-0.15, -0.1) is 11.8 Å². The van der Waals surface area contributed by atoms with E-state index in [0.29, 0.717) is 5.95 Å². The first kappa shape index (κ1) is 20.0. The molecule has 0 aliphatic heterocycles. The van der Waals surface area contributed by atoms with Gasteiger partial charge in [-0.2, -0.15) is 0 Å². The van der Waals surface area contributed by atoms with E-state index in [9.17, 15) is 14.4 Å². The number of rotatable bonds is 6. The molecule has 30 heavy (non-hydrogen) atoms. The van der Waals surface area contributed by atoms with E-state index in [1.807, 2.05) is 18.2 Å². The predicted octanol–water partition coefficient (Wildman–Crippen LogP) is 1.45. The van der Waals surface area contributed by atoms with Crippen LogP contribution in [-0.2, 0) is 25.4 Å². The summed E-state index contributed by atoms with van der Waals surface area (Å²) in [5, 5.41) is 2.72. The molecule has 1 amide bonds. The Balaban J connectivity index is 1.57. The number of benzene rings is 1. The maximum atomic E-state index is 12.6. The van der Waals surface area contributed by atoms with Gasteiger partial charge in [-0.3, -0.25) is 24.0 Å². The maximum Gasteiger partial charge on any atom is 0.332 e. The molecule has 3 heterocycles. The highest BCUT2D eigenvalue weighted by Crippen LogP contribution is 2.24. The van der Waals surface area contributed by atoms with E-state index in [1.54, 1.807) is 11.8 Å². The van der Waals surface area contributed by atoms with Gasteiger partial charge in [0.2, 0.25) is 11.9 Å². The Morgan fingerprint density at radius 2 is 2.03 bits per heavy atom. The van der Waals surface area contributed by atoms with Crippen molar-refractivity contribution in [2.75, 3.05) is 11.1 Å². The Morgan fingerprint density at radius 3 is 2.80 bits per heavy atom. The summed E-state index contributed by atoms with van der Waals surface area (Å²) in [6, 6.07) is 5.92. The van der Waals surface area contributed by atoms with Gasteiger partial charge >= 0.3 is 5.69 Å². The molecular weight excluding hydrogens is 406 g/mol. The van der Waals surface area contributed by atoms with Crippen LogP contribution in [0.4, 0.5) is 5.95 Å². The molecule has 1 aromatic carbocycles. The van der Waals surface area contributed by atoms with Gasteiger partial charge < -0.3 is 9.55 Å². The van der Waals surface area contributed by atoms with Gasteiger partial charge in [0.1, 0.15) is 6.54 Å². The number of hydrogen-bond acceptors (Lipinski definition) is 6. The van der Waals surface area contributed by atoms with Crippen LogP contribution in [0.15, 0.2) is 39.0 Å². The normalized spacial score (nSPS) is 11.4. The number of aryl methyl sites for hydroxylation is 1. The number of aromatic amines is 1. The monoisotopic (exact) mass is 427 g/mol. The number of carbonyl (C=O) groups excluding carboxylic acids is 1. The first-order valence-corrected chi connectivity index (χ1v) is 10.4. The smallest absolute Gasteiger partial charge is 0.324 e. The lowest BCUT2D eigenvalue weighted by Crippen LogP contribution is -2.37. The van der Waals surface area contributed by atoms with E-state index in [4.69, 9.17) is 0 Å². The molecule has 0 radical (unpaired) electrons. The van der Waals surface area contributed by atoms with Gasteiger partial charge in [-0.25, -0.2) is 14.8 Å². The number of nitrogens with zero attached hydrogens (tertiary/aromatic N) is 5. The minimum atomic E-state index is -0.501. The van der Waals surface area contributed by atoms with Crippen molar-refractivity contribution in [3.63, 3.8) is 0 Å². The second-order valence-corrected chi connectivity index (χ2v) is 8.08. The van der Waals surface area contributed by atoms with E-state index in [2.05, 4.69) is 27.2 Å². The summed E-state index contributed by atoms with van der Waals surface area (Å²) in [5.74, 6) is 0.995. The molecule has 0 fully saturated rings. The fourth-order valence-corrected chi connectivity index (χ4v) is 4.01. The Morgan fingerprint density at radius 1 is 1.23 bits per heavy atom. The molecule has 4 aromatic rings. The number of amides is 1. The zero-order valence-corrected chi connectivity index (χ0v) is 17.6. The first-order valence-electron chi connectivity index (χ1n) is 9.42. The molecule has 0 unspecified atom stereocenters. The average Bonchev–Trinajstić information content (AvgIpc) is 3.32. The van der Waals surface area contributed by atoms with Crippen LogP contribution in [0.5, 0.6) is 0 Å². The lowest BCUT2D eigenvalue weighted by molar-refractivity contribution is -0.116. The second-order valence-electron chi connectivity index (χ2n) is 6.91. The molecule has 0 bridgehead atoms. The third-order valence-corrected chi connectivity index (χ3v) is 5.91. The lowest BCUT2D eigenvalue weighted by atomic mass is 10.3. The van der Waals surface area contributed by atoms with Crippen molar-refractivity contribution in [1.82, 2.24) is 28.7 Å². The number of H-pyrrole nitrogens is 1. The van der Waals surface area contributed by atoms with Crippen LogP contribution in [0, 0.1) is 0 Å². The third-order valence-electron chi connectivity index (χ3n) is 4.72. The van der Waals surface area contributed by atoms with Crippen molar-refractivity contribution in [3.8, 4) is 0 Å². The summed E-state index contributed by atoms with van der Waals surface area (Å²) in [7, 11) is 2.92. The van der Waals surface area contributed by atoms with Gasteiger partial charge in [-0.05, 0) is 30.4 Å². The molecular formula is C19H21N7O3S. The summed E-state index contributed by atoms with van der Waals surface area (Å²) in [6.07, 6.45) is 2.47. The van der Waals surface area contributed by atoms with E-state index >= 15 is 0 Å². The van der Waals surface area contributed by atoms with E-state index in [-0.39, 0.29) is 23.6 Å². The average molecular weight is 427 g/mol. The van der Waals surface area contributed by atoms with Crippen LogP contribution >= 0.6 is 11.8 Å². The van der Waals surface area contributed by atoms with Crippen molar-refractivity contribution in [1.29, 1.82) is 0 Å². The molecule has 0 atom stereocenters. The number of carbonyl (C=O) groups is 1. The molecule has 0 saturated carbocycles. The minimum absolute atomic E-state index is 0.140. The molecule has 10 nitrogen and oxygen atoms in total. The number of aromatic nitrogens is 6. The molecule has 3 aromatic heterocycles. The zero-order chi connectivity index (χ0) is 21.4. The highest BCUT2D eigenvalue weighted by molar-refractivity contribution is 7.99. The Kier molecular flexibility index (Phi) is 5.20. The van der Waals surface area contributed by atoms with Crippen molar-refractivity contribution in [2.24, 2.45) is 14.1 Å².